The number of ether oxygens (including phenoxy) is 1. The van der Waals surface area contributed by atoms with Gasteiger partial charge in [0.25, 0.3) is 5.91 Å². The highest BCUT2D eigenvalue weighted by molar-refractivity contribution is 7.91. The third-order valence-corrected chi connectivity index (χ3v) is 7.75. The molecule has 0 aliphatic carbocycles. The van der Waals surface area contributed by atoms with Crippen LogP contribution in [0, 0.1) is 6.92 Å². The van der Waals surface area contributed by atoms with Gasteiger partial charge in [0.1, 0.15) is 0 Å². The standard InChI is InChI=1S/C25H27N3O6S/c1-4-28(21-13-14-35(31,32)15-21)24(29)17(3)33-25(30)20-11-9-19(10-12-20)23-27-26-22(34-23)18-7-5-16(2)6-8-18/h5-12,17,21H,4,13-15H2,1-3H3/t17-,21-/m0/s1. The Hall–Kier alpha value is -3.53. The lowest BCUT2D eigenvalue weighted by molar-refractivity contribution is -0.141. The molecule has 1 fully saturated rings. The minimum atomic E-state index is -3.14. The van der Waals surface area contributed by atoms with Crippen LogP contribution in [0.3, 0.4) is 0 Å². The van der Waals surface area contributed by atoms with Crippen LogP contribution in [0.1, 0.15) is 36.2 Å². The fourth-order valence-corrected chi connectivity index (χ4v) is 5.76. The van der Waals surface area contributed by atoms with Crippen LogP contribution in [0.2, 0.25) is 0 Å². The zero-order valence-electron chi connectivity index (χ0n) is 19.8. The average Bonchev–Trinajstić information content (AvgIpc) is 3.47. The summed E-state index contributed by atoms with van der Waals surface area (Å²) in [7, 11) is -3.14. The van der Waals surface area contributed by atoms with Crippen molar-refractivity contribution in [1.82, 2.24) is 15.1 Å². The lowest BCUT2D eigenvalue weighted by atomic mass is 10.1. The number of rotatable bonds is 7. The van der Waals surface area contributed by atoms with E-state index in [1.807, 2.05) is 31.2 Å². The normalized spacial score (nSPS) is 17.6. The van der Waals surface area contributed by atoms with Gasteiger partial charge in [-0.2, -0.15) is 0 Å². The smallest absolute Gasteiger partial charge is 0.338 e. The first-order chi connectivity index (χ1) is 16.7. The van der Waals surface area contributed by atoms with E-state index >= 15 is 0 Å². The van der Waals surface area contributed by atoms with Gasteiger partial charge in [-0.05, 0) is 63.6 Å². The van der Waals surface area contributed by atoms with Crippen molar-refractivity contribution >= 4 is 21.7 Å². The van der Waals surface area contributed by atoms with E-state index in [4.69, 9.17) is 9.15 Å². The van der Waals surface area contributed by atoms with Crippen molar-refractivity contribution < 1.29 is 27.2 Å². The molecular weight excluding hydrogens is 470 g/mol. The number of hydrogen-bond donors (Lipinski definition) is 0. The number of hydrogen-bond acceptors (Lipinski definition) is 8. The second-order valence-electron chi connectivity index (χ2n) is 8.58. The summed E-state index contributed by atoms with van der Waals surface area (Å²) < 4.78 is 34.7. The summed E-state index contributed by atoms with van der Waals surface area (Å²) >= 11 is 0. The predicted octanol–water partition coefficient (Wildman–Crippen LogP) is 3.29. The fraction of sp³-hybridized carbons (Fsp3) is 0.360. The first-order valence-electron chi connectivity index (χ1n) is 11.4. The highest BCUT2D eigenvalue weighted by Crippen LogP contribution is 2.25. The molecule has 2 atom stereocenters. The molecular formula is C25H27N3O6S. The van der Waals surface area contributed by atoms with E-state index in [2.05, 4.69) is 10.2 Å². The van der Waals surface area contributed by atoms with Crippen LogP contribution in [-0.2, 0) is 19.4 Å². The lowest BCUT2D eigenvalue weighted by Gasteiger charge is -2.29. The monoisotopic (exact) mass is 497 g/mol. The Kier molecular flexibility index (Phi) is 7.02. The number of nitrogens with zero attached hydrogens (tertiary/aromatic N) is 3. The van der Waals surface area contributed by atoms with Gasteiger partial charge in [0.05, 0.1) is 17.1 Å². The number of likely N-dealkylation sites (N-methyl/N-ethyl adjacent to an activating group) is 1. The molecule has 1 aliphatic heterocycles. The van der Waals surface area contributed by atoms with Crippen molar-refractivity contribution in [2.45, 2.75) is 39.3 Å². The van der Waals surface area contributed by atoms with E-state index in [1.54, 1.807) is 31.2 Å². The van der Waals surface area contributed by atoms with Gasteiger partial charge in [0.15, 0.2) is 15.9 Å². The average molecular weight is 498 g/mol. The van der Waals surface area contributed by atoms with Crippen LogP contribution in [0.15, 0.2) is 52.9 Å². The topological polar surface area (TPSA) is 120 Å². The van der Waals surface area contributed by atoms with Crippen LogP contribution in [-0.4, -0.2) is 65.6 Å². The van der Waals surface area contributed by atoms with Gasteiger partial charge in [-0.25, -0.2) is 13.2 Å². The van der Waals surface area contributed by atoms with Gasteiger partial charge in [0.2, 0.25) is 11.8 Å². The Morgan fingerprint density at radius 1 is 1.06 bits per heavy atom. The molecule has 184 valence electrons. The van der Waals surface area contributed by atoms with E-state index in [1.165, 1.54) is 11.8 Å². The first kappa shape index (κ1) is 24.6. The molecule has 2 heterocycles. The third kappa shape index (κ3) is 5.59. The van der Waals surface area contributed by atoms with E-state index < -0.39 is 33.9 Å². The van der Waals surface area contributed by atoms with E-state index in [-0.39, 0.29) is 17.1 Å². The number of amides is 1. The van der Waals surface area contributed by atoms with Crippen LogP contribution < -0.4 is 0 Å². The molecule has 0 radical (unpaired) electrons. The van der Waals surface area contributed by atoms with E-state index in [0.717, 1.165) is 11.1 Å². The lowest BCUT2D eigenvalue weighted by Crippen LogP contribution is -2.46. The Bertz CT molecular complexity index is 1320. The van der Waals surface area contributed by atoms with Gasteiger partial charge in [-0.3, -0.25) is 4.79 Å². The SMILES string of the molecule is CCN(C(=O)[C@H](C)OC(=O)c1ccc(-c2nnc(-c3ccc(C)cc3)o2)cc1)[C@H]1CCS(=O)(=O)C1. The molecule has 1 aliphatic rings. The summed E-state index contributed by atoms with van der Waals surface area (Å²) in [4.78, 5) is 26.9. The van der Waals surface area contributed by atoms with Crippen molar-refractivity contribution in [1.29, 1.82) is 0 Å². The molecule has 4 rings (SSSR count). The van der Waals surface area contributed by atoms with Gasteiger partial charge in [0, 0.05) is 23.7 Å². The number of benzene rings is 2. The molecule has 0 spiro atoms. The summed E-state index contributed by atoms with van der Waals surface area (Å²) in [6, 6.07) is 13.8. The maximum atomic E-state index is 12.8. The number of sulfone groups is 1. The molecule has 35 heavy (non-hydrogen) atoms. The third-order valence-electron chi connectivity index (χ3n) is 6.00. The van der Waals surface area contributed by atoms with Crippen molar-refractivity contribution in [2.75, 3.05) is 18.1 Å². The predicted molar refractivity (Wildman–Crippen MR) is 129 cm³/mol. The van der Waals surface area contributed by atoms with Crippen molar-refractivity contribution in [3.8, 4) is 22.9 Å². The number of aryl methyl sites for hydroxylation is 1. The molecule has 0 bridgehead atoms. The van der Waals surface area contributed by atoms with E-state index in [9.17, 15) is 18.0 Å². The molecule has 0 N–H and O–H groups in total. The molecule has 3 aromatic rings. The van der Waals surface area contributed by atoms with Crippen molar-refractivity contribution in [2.24, 2.45) is 0 Å². The number of aromatic nitrogens is 2. The van der Waals surface area contributed by atoms with Gasteiger partial charge < -0.3 is 14.1 Å². The molecule has 1 amide bonds. The maximum Gasteiger partial charge on any atom is 0.338 e. The maximum absolute atomic E-state index is 12.8. The van der Waals surface area contributed by atoms with Crippen molar-refractivity contribution in [3.05, 3.63) is 59.7 Å². The molecule has 9 nitrogen and oxygen atoms in total. The largest absolute Gasteiger partial charge is 0.449 e. The van der Waals surface area contributed by atoms with Crippen LogP contribution in [0.4, 0.5) is 0 Å². The van der Waals surface area contributed by atoms with Crippen LogP contribution >= 0.6 is 0 Å². The highest BCUT2D eigenvalue weighted by Gasteiger charge is 2.36. The number of carbonyl (C=O) groups excluding carboxylic acids is 2. The molecule has 1 aromatic heterocycles. The second-order valence-corrected chi connectivity index (χ2v) is 10.8. The molecule has 1 saturated heterocycles. The summed E-state index contributed by atoms with van der Waals surface area (Å²) in [5, 5.41) is 8.17. The first-order valence-corrected chi connectivity index (χ1v) is 13.2. The Balaban J connectivity index is 1.40. The van der Waals surface area contributed by atoms with Gasteiger partial charge in [-0.15, -0.1) is 10.2 Å². The van der Waals surface area contributed by atoms with Gasteiger partial charge >= 0.3 is 5.97 Å². The second kappa shape index (κ2) is 9.99. The minimum Gasteiger partial charge on any atom is -0.449 e. The van der Waals surface area contributed by atoms with Gasteiger partial charge in [-0.1, -0.05) is 17.7 Å². The zero-order valence-corrected chi connectivity index (χ0v) is 20.6. The summed E-state index contributed by atoms with van der Waals surface area (Å²) in [6.45, 7) is 5.60. The number of carbonyl (C=O) groups is 2. The minimum absolute atomic E-state index is 0.0595. The Labute approximate surface area is 204 Å². The Morgan fingerprint density at radius 2 is 1.63 bits per heavy atom. The zero-order chi connectivity index (χ0) is 25.2. The fourth-order valence-electron chi connectivity index (χ4n) is 4.03. The summed E-state index contributed by atoms with van der Waals surface area (Å²) in [5.74, 6) is -0.349. The Morgan fingerprint density at radius 3 is 2.14 bits per heavy atom. The van der Waals surface area contributed by atoms with Crippen molar-refractivity contribution in [3.63, 3.8) is 0 Å². The molecule has 10 heteroatoms. The molecule has 0 unspecified atom stereocenters. The summed E-state index contributed by atoms with van der Waals surface area (Å²) in [6.07, 6.45) is -0.649. The van der Waals surface area contributed by atoms with E-state index in [0.29, 0.717) is 30.3 Å². The van der Waals surface area contributed by atoms with Crippen LogP contribution in [0.5, 0.6) is 0 Å². The number of esters is 1. The van der Waals surface area contributed by atoms with Crippen LogP contribution in [0.25, 0.3) is 22.9 Å². The quantitative estimate of drug-likeness (QED) is 0.456. The highest BCUT2D eigenvalue weighted by atomic mass is 32.2. The molecule has 0 saturated carbocycles. The summed E-state index contributed by atoms with van der Waals surface area (Å²) in [5.41, 5.74) is 2.83. The molecule has 2 aromatic carbocycles.